The fourth-order valence-corrected chi connectivity index (χ4v) is 15.2. The predicted molar refractivity (Wildman–Crippen MR) is 217 cm³/mol. The quantitative estimate of drug-likeness (QED) is 0.226. The number of aliphatic hydroxyl groups excluding tert-OH is 1. The van der Waals surface area contributed by atoms with Crippen LogP contribution in [-0.2, 0) is 39.8 Å². The molecular formula is C49H60O10. The molecule has 5 fully saturated rings. The molecule has 10 rings (SSSR count). The van der Waals surface area contributed by atoms with Gasteiger partial charge in [0.1, 0.15) is 23.6 Å². The van der Waals surface area contributed by atoms with Crippen molar-refractivity contribution >= 4 is 23.5 Å². The molecule has 59 heavy (non-hydrogen) atoms. The Morgan fingerprint density at radius 2 is 1.73 bits per heavy atom. The molecule has 4 saturated carbocycles. The van der Waals surface area contributed by atoms with Crippen LogP contribution in [0.15, 0.2) is 64.7 Å². The lowest BCUT2D eigenvalue weighted by Crippen LogP contribution is -2.70. The SMILES string of the molecule is CC(=O)OC1CC2(C)C(c3ccoc3)CC3OC32C2(C)C(=O)C(O)=C3C(C)(C)C(=O)C=CC3(C)C12.CCC(=O)OC1CCC2C3CCc4cc(O)ccc4C3CCC12C. The first-order valence-corrected chi connectivity index (χ1v) is 21.9. The molecule has 1 aromatic carbocycles. The topological polar surface area (TPSA) is 153 Å². The van der Waals surface area contributed by atoms with Crippen LogP contribution < -0.4 is 0 Å². The lowest BCUT2D eigenvalue weighted by molar-refractivity contribution is -0.200. The summed E-state index contributed by atoms with van der Waals surface area (Å²) in [5, 5.41) is 21.3. The van der Waals surface area contributed by atoms with E-state index in [9.17, 15) is 29.4 Å². The zero-order chi connectivity index (χ0) is 42.2. The van der Waals surface area contributed by atoms with Crippen molar-refractivity contribution in [2.24, 2.45) is 44.8 Å². The smallest absolute Gasteiger partial charge is 0.305 e. The zero-order valence-corrected chi connectivity index (χ0v) is 35.8. The number of furan rings is 1. The molecule has 1 spiro atoms. The summed E-state index contributed by atoms with van der Waals surface area (Å²) < 4.78 is 23.8. The van der Waals surface area contributed by atoms with Crippen molar-refractivity contribution in [2.75, 3.05) is 0 Å². The van der Waals surface area contributed by atoms with E-state index in [2.05, 4.69) is 19.9 Å². The van der Waals surface area contributed by atoms with Crippen molar-refractivity contribution < 1.29 is 48.0 Å². The highest BCUT2D eigenvalue weighted by Crippen LogP contribution is 2.81. The first kappa shape index (κ1) is 40.2. The molecule has 13 unspecified atom stereocenters. The van der Waals surface area contributed by atoms with Crippen molar-refractivity contribution in [1.29, 1.82) is 0 Å². The van der Waals surface area contributed by atoms with Gasteiger partial charge in [-0.05, 0) is 142 Å². The van der Waals surface area contributed by atoms with Crippen LogP contribution >= 0.6 is 0 Å². The molecule has 2 aromatic rings. The van der Waals surface area contributed by atoms with E-state index < -0.39 is 51.0 Å². The number of carbonyl (C=O) groups is 4. The number of aliphatic hydroxyl groups is 1. The fraction of sp³-hybridized carbons (Fsp3) is 0.633. The lowest BCUT2D eigenvalue weighted by atomic mass is 9.38. The molecule has 10 nitrogen and oxygen atoms in total. The summed E-state index contributed by atoms with van der Waals surface area (Å²) in [5.74, 6) is 0.484. The molecule has 0 bridgehead atoms. The molecule has 1 aromatic heterocycles. The minimum Gasteiger partial charge on any atom is -0.508 e. The number of phenols is 1. The van der Waals surface area contributed by atoms with Crippen molar-refractivity contribution in [3.63, 3.8) is 0 Å². The van der Waals surface area contributed by atoms with Crippen molar-refractivity contribution in [3.8, 4) is 5.75 Å². The zero-order valence-electron chi connectivity index (χ0n) is 35.8. The van der Waals surface area contributed by atoms with E-state index in [1.807, 2.05) is 39.0 Å². The summed E-state index contributed by atoms with van der Waals surface area (Å²) in [6.07, 6.45) is 14.6. The number of ketones is 2. The molecular weight excluding hydrogens is 749 g/mol. The van der Waals surface area contributed by atoms with Crippen LogP contribution in [0, 0.1) is 44.8 Å². The third kappa shape index (κ3) is 5.26. The summed E-state index contributed by atoms with van der Waals surface area (Å²) >= 11 is 0. The van der Waals surface area contributed by atoms with Gasteiger partial charge in [-0.25, -0.2) is 0 Å². The Balaban J connectivity index is 0.000000163. The number of carbonyl (C=O) groups excluding carboxylic acids is 4. The van der Waals surface area contributed by atoms with E-state index in [4.69, 9.17) is 18.6 Å². The Morgan fingerprint density at radius 1 is 0.966 bits per heavy atom. The fourth-order valence-electron chi connectivity index (χ4n) is 15.2. The van der Waals surface area contributed by atoms with Gasteiger partial charge < -0.3 is 28.8 Å². The molecule has 2 heterocycles. The Labute approximate surface area is 347 Å². The number of ether oxygens (including phenoxy) is 3. The number of rotatable bonds is 4. The van der Waals surface area contributed by atoms with Gasteiger partial charge in [-0.15, -0.1) is 0 Å². The standard InChI is InChI=1S/C28H32O7.C21H28O3/c1-14(29)34-17-12-26(5)16(15-8-10-33-13-15)11-19-28(26,35-19)27(6)21(17)25(4)9-7-18(30)24(2,3)22(25)20(31)23(27)32;1-3-20(23)24-19-9-8-18-17-6-4-13-12-14(22)5-7-15(13)16(17)10-11-21(18,19)2/h7-10,13,16-17,19,21,31H,11-12H2,1-6H3;5,7,12,16-19,22H,3-4,6,8-11H2,1-2H3. The molecule has 0 radical (unpaired) electrons. The van der Waals surface area contributed by atoms with Crippen molar-refractivity contribution in [1.82, 2.24) is 0 Å². The minimum absolute atomic E-state index is 0.0453. The van der Waals surface area contributed by atoms with Crippen molar-refractivity contribution in [2.45, 2.75) is 149 Å². The lowest BCUT2D eigenvalue weighted by Gasteiger charge is -2.64. The Kier molecular flexibility index (Phi) is 8.97. The predicted octanol–water partition coefficient (Wildman–Crippen LogP) is 9.01. The number of fused-ring (bicyclic) bond motifs is 8. The second kappa shape index (κ2) is 13.2. The summed E-state index contributed by atoms with van der Waals surface area (Å²) in [4.78, 5) is 51.4. The highest BCUT2D eigenvalue weighted by Gasteiger charge is 2.89. The maximum Gasteiger partial charge on any atom is 0.305 e. The molecule has 1 aliphatic heterocycles. The first-order chi connectivity index (χ1) is 27.8. The molecule has 316 valence electrons. The minimum atomic E-state index is -1.17. The molecule has 13 atom stereocenters. The number of esters is 2. The number of aryl methyl sites for hydroxylation is 1. The summed E-state index contributed by atoms with van der Waals surface area (Å²) in [5.41, 5.74) is -0.107. The summed E-state index contributed by atoms with van der Waals surface area (Å²) in [6, 6.07) is 7.89. The van der Waals surface area contributed by atoms with Gasteiger partial charge in [-0.1, -0.05) is 39.8 Å². The Morgan fingerprint density at radius 3 is 2.42 bits per heavy atom. The average molecular weight is 809 g/mol. The van der Waals surface area contributed by atoms with E-state index >= 15 is 0 Å². The van der Waals surface area contributed by atoms with Crippen molar-refractivity contribution in [3.05, 3.63) is 77.0 Å². The number of hydrogen-bond donors (Lipinski definition) is 2. The second-order valence-corrected chi connectivity index (χ2v) is 20.5. The normalized spacial score (nSPS) is 43.1. The number of aromatic hydroxyl groups is 1. The van der Waals surface area contributed by atoms with Gasteiger partial charge in [-0.2, -0.15) is 0 Å². The summed E-state index contributed by atoms with van der Waals surface area (Å²) in [6.45, 7) is 15.1. The highest BCUT2D eigenvalue weighted by atomic mass is 16.6. The number of phenolic OH excluding ortho intramolecular Hbond substituents is 1. The Hall–Kier alpha value is -4.18. The van der Waals surface area contributed by atoms with Crippen LogP contribution in [0.5, 0.6) is 5.75 Å². The van der Waals surface area contributed by atoms with Crippen LogP contribution in [0.3, 0.4) is 0 Å². The maximum absolute atomic E-state index is 14.3. The van der Waals surface area contributed by atoms with Crippen LogP contribution in [-0.4, -0.2) is 57.6 Å². The van der Waals surface area contributed by atoms with Gasteiger partial charge in [0.15, 0.2) is 11.5 Å². The van der Waals surface area contributed by atoms with E-state index in [1.54, 1.807) is 38.5 Å². The van der Waals surface area contributed by atoms with E-state index in [0.717, 1.165) is 24.8 Å². The van der Waals surface area contributed by atoms with E-state index in [1.165, 1.54) is 37.3 Å². The third-order valence-corrected chi connectivity index (χ3v) is 17.6. The number of epoxide rings is 1. The maximum atomic E-state index is 14.3. The number of hydrogen-bond acceptors (Lipinski definition) is 10. The molecule has 0 amide bonds. The highest BCUT2D eigenvalue weighted by molar-refractivity contribution is 6.06. The van der Waals surface area contributed by atoms with Crippen LogP contribution in [0.2, 0.25) is 0 Å². The first-order valence-electron chi connectivity index (χ1n) is 21.9. The number of benzene rings is 1. The van der Waals surface area contributed by atoms with Gasteiger partial charge in [0.05, 0.1) is 29.5 Å². The number of allylic oxidation sites excluding steroid dienone is 4. The second-order valence-electron chi connectivity index (χ2n) is 20.5. The van der Waals surface area contributed by atoms with Crippen LogP contribution in [0.25, 0.3) is 0 Å². The number of Topliss-reactive ketones (excluding diaryl/α,β-unsaturated/α-hetero) is 1. The molecule has 1 saturated heterocycles. The largest absolute Gasteiger partial charge is 0.508 e. The molecule has 7 aliphatic carbocycles. The molecule has 10 heteroatoms. The summed E-state index contributed by atoms with van der Waals surface area (Å²) in [7, 11) is 0. The van der Waals surface area contributed by atoms with Gasteiger partial charge >= 0.3 is 11.9 Å². The van der Waals surface area contributed by atoms with Gasteiger partial charge in [-0.3, -0.25) is 19.2 Å². The molecule has 8 aliphatic rings. The third-order valence-electron chi connectivity index (χ3n) is 17.6. The van der Waals surface area contributed by atoms with E-state index in [0.29, 0.717) is 48.3 Å². The van der Waals surface area contributed by atoms with Gasteiger partial charge in [0.25, 0.3) is 0 Å². The van der Waals surface area contributed by atoms with Gasteiger partial charge in [0.2, 0.25) is 5.78 Å². The van der Waals surface area contributed by atoms with Crippen LogP contribution in [0.1, 0.15) is 135 Å². The van der Waals surface area contributed by atoms with Crippen LogP contribution in [0.4, 0.5) is 0 Å². The Bertz CT molecular complexity index is 2180. The van der Waals surface area contributed by atoms with E-state index in [-0.39, 0.29) is 41.1 Å². The molecule has 2 N–H and O–H groups in total. The average Bonchev–Trinajstić information content (AvgIpc) is 3.40. The monoisotopic (exact) mass is 808 g/mol. The van der Waals surface area contributed by atoms with Gasteiger partial charge in [0, 0.05) is 35.5 Å².